The van der Waals surface area contributed by atoms with Crippen LogP contribution >= 0.6 is 0 Å². The van der Waals surface area contributed by atoms with Crippen molar-refractivity contribution in [3.8, 4) is 16.9 Å². The normalized spacial score (nSPS) is 12.1. The van der Waals surface area contributed by atoms with Crippen molar-refractivity contribution in [3.63, 3.8) is 0 Å². The number of carbonyl (C=O) groups excluding carboxylic acids is 2. The predicted molar refractivity (Wildman–Crippen MR) is 150 cm³/mol. The Kier molecular flexibility index (Phi) is 6.41. The number of amides is 2. The Morgan fingerprint density at radius 3 is 2.23 bits per heavy atom. The van der Waals surface area contributed by atoms with E-state index in [-0.39, 0.29) is 5.82 Å². The van der Waals surface area contributed by atoms with Gasteiger partial charge in [0.1, 0.15) is 17.5 Å². The third-order valence-electron chi connectivity index (χ3n) is 5.71. The van der Waals surface area contributed by atoms with E-state index in [0.29, 0.717) is 39.3 Å². The third-order valence-corrected chi connectivity index (χ3v) is 5.71. The summed E-state index contributed by atoms with van der Waals surface area (Å²) in [5.41, 5.74) is 7.85. The fourth-order valence-corrected chi connectivity index (χ4v) is 4.22. The van der Waals surface area contributed by atoms with E-state index in [1.807, 2.05) is 27.3 Å². The molecule has 12 nitrogen and oxygen atoms in total. The number of nitrogens with zero attached hydrogens (tertiary/aromatic N) is 7. The van der Waals surface area contributed by atoms with Gasteiger partial charge in [0.2, 0.25) is 0 Å². The Bertz CT molecular complexity index is 1700. The Labute approximate surface area is 230 Å². The second-order valence-electron chi connectivity index (χ2n) is 11.1. The standard InChI is InChI=1S/C28H30N8O4/c1-27(2,3)39-25(37)36(26(38)40-28(4,5)6)24-21-18(20-10-9-19(29)22-31-12-13-34(20)22)15-35(23(21)32-16-33-24)17-8-7-11-30-14-17/h7-16H,29H2,1-6H3. The summed E-state index contributed by atoms with van der Waals surface area (Å²) in [5.74, 6) is -0.00349. The molecule has 0 saturated heterocycles. The molecule has 2 amide bonds. The van der Waals surface area contributed by atoms with Gasteiger partial charge in [0.15, 0.2) is 17.1 Å². The summed E-state index contributed by atoms with van der Waals surface area (Å²) < 4.78 is 14.9. The van der Waals surface area contributed by atoms with Gasteiger partial charge in [-0.1, -0.05) is 0 Å². The van der Waals surface area contributed by atoms with Gasteiger partial charge in [0, 0.05) is 30.4 Å². The minimum absolute atomic E-state index is 0.00349. The summed E-state index contributed by atoms with van der Waals surface area (Å²) in [6, 6.07) is 7.24. The lowest BCUT2D eigenvalue weighted by atomic mass is 10.1. The van der Waals surface area contributed by atoms with Gasteiger partial charge in [-0.05, 0) is 65.8 Å². The molecule has 5 rings (SSSR count). The van der Waals surface area contributed by atoms with Gasteiger partial charge in [0.25, 0.3) is 0 Å². The van der Waals surface area contributed by atoms with E-state index in [0.717, 1.165) is 4.90 Å². The summed E-state index contributed by atoms with van der Waals surface area (Å²) in [6.45, 7) is 10.3. The number of nitrogen functional groups attached to an aromatic ring is 1. The van der Waals surface area contributed by atoms with Crippen LogP contribution in [0, 0.1) is 0 Å². The first-order valence-corrected chi connectivity index (χ1v) is 12.6. The second kappa shape index (κ2) is 9.63. The highest BCUT2D eigenvalue weighted by molar-refractivity contribution is 6.16. The van der Waals surface area contributed by atoms with Gasteiger partial charge >= 0.3 is 12.2 Å². The molecule has 0 spiro atoms. The van der Waals surface area contributed by atoms with Crippen LogP contribution in [0.2, 0.25) is 0 Å². The lowest BCUT2D eigenvalue weighted by Gasteiger charge is -2.28. The molecule has 0 unspecified atom stereocenters. The minimum atomic E-state index is -0.938. The summed E-state index contributed by atoms with van der Waals surface area (Å²) in [5, 5.41) is 0.405. The first-order valence-electron chi connectivity index (χ1n) is 12.6. The summed E-state index contributed by atoms with van der Waals surface area (Å²) in [7, 11) is 0. The number of pyridine rings is 2. The summed E-state index contributed by atoms with van der Waals surface area (Å²) in [4.78, 5) is 45.5. The van der Waals surface area contributed by atoms with E-state index in [2.05, 4.69) is 19.9 Å². The molecule has 5 aromatic heterocycles. The van der Waals surface area contributed by atoms with Crippen LogP contribution in [0.3, 0.4) is 0 Å². The van der Waals surface area contributed by atoms with Crippen LogP contribution in [0.4, 0.5) is 21.1 Å². The number of rotatable bonds is 3. The monoisotopic (exact) mass is 542 g/mol. The molecule has 0 aliphatic heterocycles. The van der Waals surface area contributed by atoms with Gasteiger partial charge in [-0.15, -0.1) is 0 Å². The zero-order chi connectivity index (χ0) is 28.8. The highest BCUT2D eigenvalue weighted by Crippen LogP contribution is 2.38. The number of imidazole rings is 1. The average Bonchev–Trinajstić information content (AvgIpc) is 3.50. The van der Waals surface area contributed by atoms with Crippen molar-refractivity contribution in [3.05, 3.63) is 61.6 Å². The number of hydrogen-bond acceptors (Lipinski definition) is 9. The molecule has 0 aromatic carbocycles. The van der Waals surface area contributed by atoms with Gasteiger partial charge in [0.05, 0.1) is 28.7 Å². The SMILES string of the molecule is CC(C)(C)OC(=O)N(C(=O)OC(C)(C)C)c1ncnc2c1c(-c1ccc(N)c3nccn13)cn2-c1cccnc1. The number of aromatic nitrogens is 6. The minimum Gasteiger partial charge on any atom is -0.443 e. The third kappa shape index (κ3) is 5.03. The molecular formula is C28H30N8O4. The van der Waals surface area contributed by atoms with Crippen LogP contribution in [0.15, 0.2) is 61.6 Å². The Hall–Kier alpha value is -5.00. The van der Waals surface area contributed by atoms with Crippen molar-refractivity contribution in [1.82, 2.24) is 28.9 Å². The Morgan fingerprint density at radius 2 is 1.60 bits per heavy atom. The van der Waals surface area contributed by atoms with Gasteiger partial charge < -0.3 is 15.2 Å². The fraction of sp³-hybridized carbons (Fsp3) is 0.286. The van der Waals surface area contributed by atoms with Gasteiger partial charge in [-0.2, -0.15) is 4.90 Å². The molecule has 12 heteroatoms. The highest BCUT2D eigenvalue weighted by atomic mass is 16.6. The predicted octanol–water partition coefficient (Wildman–Crippen LogP) is 5.39. The van der Waals surface area contributed by atoms with E-state index in [1.54, 1.807) is 78.5 Å². The Morgan fingerprint density at radius 1 is 0.900 bits per heavy atom. The smallest absolute Gasteiger partial charge is 0.425 e. The van der Waals surface area contributed by atoms with Crippen molar-refractivity contribution in [1.29, 1.82) is 0 Å². The maximum Gasteiger partial charge on any atom is 0.425 e. The number of fused-ring (bicyclic) bond motifs is 2. The van der Waals surface area contributed by atoms with Crippen LogP contribution in [0.1, 0.15) is 41.5 Å². The number of anilines is 2. The fourth-order valence-electron chi connectivity index (χ4n) is 4.22. The second-order valence-corrected chi connectivity index (χ2v) is 11.1. The van der Waals surface area contributed by atoms with Crippen molar-refractivity contribution in [2.24, 2.45) is 0 Å². The summed E-state index contributed by atoms with van der Waals surface area (Å²) in [6.07, 6.45) is 8.01. The average molecular weight is 543 g/mol. The lowest BCUT2D eigenvalue weighted by molar-refractivity contribution is 0.0429. The molecule has 5 aromatic rings. The number of imide groups is 1. The highest BCUT2D eigenvalue weighted by Gasteiger charge is 2.36. The quantitative estimate of drug-likeness (QED) is 0.317. The molecule has 0 atom stereocenters. The molecule has 0 aliphatic rings. The van der Waals surface area contributed by atoms with Crippen LogP contribution < -0.4 is 10.6 Å². The van der Waals surface area contributed by atoms with Crippen molar-refractivity contribution in [2.75, 3.05) is 10.6 Å². The zero-order valence-corrected chi connectivity index (χ0v) is 23.1. The number of ether oxygens (including phenoxy) is 2. The van der Waals surface area contributed by atoms with Crippen molar-refractivity contribution < 1.29 is 19.1 Å². The number of carbonyl (C=O) groups is 2. The first kappa shape index (κ1) is 26.6. The Balaban J connectivity index is 1.84. The molecule has 0 radical (unpaired) electrons. The van der Waals surface area contributed by atoms with E-state index in [1.165, 1.54) is 6.33 Å². The first-order chi connectivity index (χ1) is 18.8. The molecule has 0 aliphatic carbocycles. The lowest BCUT2D eigenvalue weighted by Crippen LogP contribution is -2.44. The number of nitrogens with two attached hydrogens (primary N) is 1. The summed E-state index contributed by atoms with van der Waals surface area (Å²) >= 11 is 0. The van der Waals surface area contributed by atoms with E-state index in [4.69, 9.17) is 15.2 Å². The number of hydrogen-bond donors (Lipinski definition) is 1. The molecular weight excluding hydrogens is 512 g/mol. The van der Waals surface area contributed by atoms with Crippen LogP contribution in [-0.4, -0.2) is 52.3 Å². The van der Waals surface area contributed by atoms with Gasteiger partial charge in [-0.25, -0.2) is 24.5 Å². The van der Waals surface area contributed by atoms with E-state index < -0.39 is 23.4 Å². The molecule has 40 heavy (non-hydrogen) atoms. The molecule has 0 fully saturated rings. The van der Waals surface area contributed by atoms with E-state index >= 15 is 0 Å². The molecule has 5 heterocycles. The largest absolute Gasteiger partial charge is 0.443 e. The molecule has 0 saturated carbocycles. The van der Waals surface area contributed by atoms with Crippen LogP contribution in [0.25, 0.3) is 33.6 Å². The molecule has 206 valence electrons. The van der Waals surface area contributed by atoms with Crippen LogP contribution in [0.5, 0.6) is 0 Å². The van der Waals surface area contributed by atoms with Gasteiger partial charge in [-0.3, -0.25) is 14.0 Å². The van der Waals surface area contributed by atoms with Crippen molar-refractivity contribution in [2.45, 2.75) is 52.7 Å². The molecule has 0 bridgehead atoms. The molecule has 2 N–H and O–H groups in total. The van der Waals surface area contributed by atoms with E-state index in [9.17, 15) is 9.59 Å². The maximum atomic E-state index is 13.6. The van der Waals surface area contributed by atoms with Crippen LogP contribution in [-0.2, 0) is 9.47 Å². The topological polar surface area (TPSA) is 143 Å². The van der Waals surface area contributed by atoms with Crippen molar-refractivity contribution >= 4 is 40.4 Å². The zero-order valence-electron chi connectivity index (χ0n) is 23.1. The maximum absolute atomic E-state index is 13.6.